The van der Waals surface area contributed by atoms with E-state index in [1.54, 1.807) is 6.26 Å². The number of nitrogens with one attached hydrogen (secondary N) is 2. The Balaban J connectivity index is 1.43. The van der Waals surface area contributed by atoms with E-state index in [1.165, 1.54) is 5.56 Å². The van der Waals surface area contributed by atoms with E-state index in [4.69, 9.17) is 9.15 Å². The minimum absolute atomic E-state index is 0.505. The number of aromatic nitrogens is 2. The number of benzene rings is 1. The summed E-state index contributed by atoms with van der Waals surface area (Å²) in [5.74, 6) is 2.57. The van der Waals surface area contributed by atoms with E-state index in [1.807, 2.05) is 30.6 Å². The van der Waals surface area contributed by atoms with Gasteiger partial charge in [0.05, 0.1) is 6.26 Å². The molecule has 0 saturated carbocycles. The van der Waals surface area contributed by atoms with Crippen molar-refractivity contribution in [3.63, 3.8) is 0 Å². The summed E-state index contributed by atoms with van der Waals surface area (Å²) in [6.07, 6.45) is 6.36. The fourth-order valence-corrected chi connectivity index (χ4v) is 2.86. The summed E-state index contributed by atoms with van der Waals surface area (Å²) in [5, 5.41) is 6.62. The van der Waals surface area contributed by atoms with E-state index >= 15 is 0 Å². The molecule has 1 aromatic carbocycles. The van der Waals surface area contributed by atoms with E-state index in [9.17, 15) is 0 Å². The lowest BCUT2D eigenvalue weighted by atomic mass is 10.2. The van der Waals surface area contributed by atoms with Crippen LogP contribution in [0.5, 0.6) is 0 Å². The number of aliphatic imine (C=N–C) groups is 1. The molecule has 0 aliphatic carbocycles. The number of ether oxygens (including phenoxy) is 1. The number of hydrogen-bond acceptors (Lipinski definition) is 4. The van der Waals surface area contributed by atoms with Crippen LogP contribution in [-0.2, 0) is 24.4 Å². The molecule has 29 heavy (non-hydrogen) atoms. The number of imidazole rings is 1. The van der Waals surface area contributed by atoms with Gasteiger partial charge in [0.15, 0.2) is 5.96 Å². The van der Waals surface area contributed by atoms with Crippen molar-refractivity contribution in [2.45, 2.75) is 33.0 Å². The number of nitrogens with zero attached hydrogens (tertiary/aromatic N) is 3. The Morgan fingerprint density at radius 2 is 2.07 bits per heavy atom. The molecule has 0 aliphatic rings. The second-order valence-corrected chi connectivity index (χ2v) is 6.56. The summed E-state index contributed by atoms with van der Waals surface area (Å²) in [6.45, 7) is 6.12. The SMILES string of the molecule is CCNC(=NCc1nccn1Cc1ccccc1)NCCCOCc1ccco1. The molecule has 154 valence electrons. The van der Waals surface area contributed by atoms with Gasteiger partial charge in [-0.3, -0.25) is 0 Å². The van der Waals surface area contributed by atoms with Crippen molar-refractivity contribution < 1.29 is 9.15 Å². The number of rotatable bonds is 11. The smallest absolute Gasteiger partial charge is 0.191 e. The molecule has 0 radical (unpaired) electrons. The Labute approximate surface area is 171 Å². The second-order valence-electron chi connectivity index (χ2n) is 6.56. The molecule has 0 spiro atoms. The van der Waals surface area contributed by atoms with Crippen LogP contribution in [-0.4, -0.2) is 35.2 Å². The number of hydrogen-bond donors (Lipinski definition) is 2. The Kier molecular flexibility index (Phi) is 8.34. The van der Waals surface area contributed by atoms with Gasteiger partial charge in [0.1, 0.15) is 24.7 Å². The van der Waals surface area contributed by atoms with Crippen LogP contribution in [0.15, 0.2) is 70.5 Å². The van der Waals surface area contributed by atoms with Crippen molar-refractivity contribution in [1.82, 2.24) is 20.2 Å². The van der Waals surface area contributed by atoms with Gasteiger partial charge in [-0.15, -0.1) is 0 Å². The Bertz CT molecular complexity index is 843. The molecule has 7 heteroatoms. The summed E-state index contributed by atoms with van der Waals surface area (Å²) in [4.78, 5) is 9.13. The van der Waals surface area contributed by atoms with Crippen LogP contribution in [0, 0.1) is 0 Å². The summed E-state index contributed by atoms with van der Waals surface area (Å²) in [5.41, 5.74) is 1.25. The Hall–Kier alpha value is -3.06. The van der Waals surface area contributed by atoms with Gasteiger partial charge in [-0.05, 0) is 31.0 Å². The van der Waals surface area contributed by atoms with Crippen molar-refractivity contribution in [2.24, 2.45) is 4.99 Å². The lowest BCUT2D eigenvalue weighted by Gasteiger charge is -2.12. The molecule has 0 aliphatic heterocycles. The molecule has 0 atom stereocenters. The maximum absolute atomic E-state index is 5.60. The quantitative estimate of drug-likeness (QED) is 0.296. The van der Waals surface area contributed by atoms with E-state index in [0.29, 0.717) is 19.8 Å². The molecule has 0 saturated heterocycles. The van der Waals surface area contributed by atoms with Gasteiger partial charge in [0, 0.05) is 38.6 Å². The fraction of sp³-hybridized carbons (Fsp3) is 0.364. The van der Waals surface area contributed by atoms with Crippen molar-refractivity contribution in [1.29, 1.82) is 0 Å². The zero-order chi connectivity index (χ0) is 20.2. The van der Waals surface area contributed by atoms with Crippen LogP contribution in [0.4, 0.5) is 0 Å². The molecular formula is C22H29N5O2. The first-order chi connectivity index (χ1) is 14.3. The number of guanidine groups is 1. The van der Waals surface area contributed by atoms with Gasteiger partial charge in [-0.25, -0.2) is 9.98 Å². The van der Waals surface area contributed by atoms with Gasteiger partial charge in [0.25, 0.3) is 0 Å². The molecule has 0 unspecified atom stereocenters. The Morgan fingerprint density at radius 3 is 2.86 bits per heavy atom. The third-order valence-electron chi connectivity index (χ3n) is 4.30. The molecule has 0 bridgehead atoms. The van der Waals surface area contributed by atoms with Crippen LogP contribution < -0.4 is 10.6 Å². The third kappa shape index (κ3) is 7.12. The van der Waals surface area contributed by atoms with Crippen molar-refractivity contribution in [3.05, 3.63) is 78.3 Å². The molecule has 2 heterocycles. The van der Waals surface area contributed by atoms with Crippen molar-refractivity contribution in [3.8, 4) is 0 Å². The molecule has 2 aromatic heterocycles. The van der Waals surface area contributed by atoms with Gasteiger partial charge in [-0.2, -0.15) is 0 Å². The summed E-state index contributed by atoms with van der Waals surface area (Å²) in [6, 6.07) is 14.1. The standard InChI is InChI=1S/C22H29N5O2/c1-2-23-22(25-11-7-14-28-18-20-10-6-15-29-20)26-16-21-24-12-13-27(21)17-19-8-4-3-5-9-19/h3-6,8-10,12-13,15H,2,7,11,14,16-18H2,1H3,(H2,23,25,26). The first-order valence-electron chi connectivity index (χ1n) is 10.0. The molecule has 7 nitrogen and oxygen atoms in total. The van der Waals surface area contributed by atoms with E-state index in [-0.39, 0.29) is 0 Å². The van der Waals surface area contributed by atoms with E-state index in [2.05, 4.69) is 56.4 Å². The fourth-order valence-electron chi connectivity index (χ4n) is 2.86. The largest absolute Gasteiger partial charge is 0.467 e. The van der Waals surface area contributed by atoms with Gasteiger partial charge in [0.2, 0.25) is 0 Å². The highest BCUT2D eigenvalue weighted by Crippen LogP contribution is 2.06. The predicted octanol–water partition coefficient (Wildman–Crippen LogP) is 3.19. The molecule has 0 fully saturated rings. The normalized spacial score (nSPS) is 11.6. The highest BCUT2D eigenvalue weighted by Gasteiger charge is 2.04. The van der Waals surface area contributed by atoms with Crippen molar-refractivity contribution >= 4 is 5.96 Å². The average molecular weight is 396 g/mol. The Morgan fingerprint density at radius 1 is 1.17 bits per heavy atom. The van der Waals surface area contributed by atoms with E-state index in [0.717, 1.165) is 43.6 Å². The van der Waals surface area contributed by atoms with Crippen LogP contribution >= 0.6 is 0 Å². The maximum Gasteiger partial charge on any atom is 0.191 e. The highest BCUT2D eigenvalue weighted by atomic mass is 16.5. The highest BCUT2D eigenvalue weighted by molar-refractivity contribution is 5.79. The summed E-state index contributed by atoms with van der Waals surface area (Å²) >= 11 is 0. The van der Waals surface area contributed by atoms with Crippen molar-refractivity contribution in [2.75, 3.05) is 19.7 Å². The second kappa shape index (κ2) is 11.7. The third-order valence-corrected chi connectivity index (χ3v) is 4.30. The van der Waals surface area contributed by atoms with Crippen LogP contribution in [0.25, 0.3) is 0 Å². The topological polar surface area (TPSA) is 76.6 Å². The lowest BCUT2D eigenvalue weighted by molar-refractivity contribution is 0.105. The molecular weight excluding hydrogens is 366 g/mol. The molecule has 2 N–H and O–H groups in total. The molecule has 3 rings (SSSR count). The monoisotopic (exact) mass is 395 g/mol. The first kappa shape index (κ1) is 20.7. The minimum Gasteiger partial charge on any atom is -0.467 e. The van der Waals surface area contributed by atoms with Gasteiger partial charge >= 0.3 is 0 Å². The first-order valence-corrected chi connectivity index (χ1v) is 10.0. The predicted molar refractivity (Wildman–Crippen MR) is 114 cm³/mol. The average Bonchev–Trinajstić information content (AvgIpc) is 3.41. The number of furan rings is 1. The molecule has 3 aromatic rings. The van der Waals surface area contributed by atoms with E-state index < -0.39 is 0 Å². The zero-order valence-corrected chi connectivity index (χ0v) is 16.9. The summed E-state index contributed by atoms with van der Waals surface area (Å²) in [7, 11) is 0. The van der Waals surface area contributed by atoms with Crippen LogP contribution in [0.1, 0.15) is 30.5 Å². The lowest BCUT2D eigenvalue weighted by Crippen LogP contribution is -2.38. The summed E-state index contributed by atoms with van der Waals surface area (Å²) < 4.78 is 13.0. The van der Waals surface area contributed by atoms with Gasteiger partial charge < -0.3 is 24.4 Å². The van der Waals surface area contributed by atoms with Gasteiger partial charge in [-0.1, -0.05) is 30.3 Å². The van der Waals surface area contributed by atoms with Crippen LogP contribution in [0.2, 0.25) is 0 Å². The minimum atomic E-state index is 0.505. The maximum atomic E-state index is 5.60. The molecule has 0 amide bonds. The zero-order valence-electron chi connectivity index (χ0n) is 16.9. The van der Waals surface area contributed by atoms with Crippen LogP contribution in [0.3, 0.4) is 0 Å².